The molecule has 0 saturated carbocycles. The summed E-state index contributed by atoms with van der Waals surface area (Å²) in [6, 6.07) is 18.8. The van der Waals surface area contributed by atoms with Crippen molar-refractivity contribution in [3.63, 3.8) is 0 Å². The summed E-state index contributed by atoms with van der Waals surface area (Å²) in [5.41, 5.74) is 4.47. The maximum Gasteiger partial charge on any atom is 0.251 e. The molecule has 0 aliphatic heterocycles. The van der Waals surface area contributed by atoms with Crippen LogP contribution >= 0.6 is 0 Å². The average molecular weight is 525 g/mol. The van der Waals surface area contributed by atoms with Crippen molar-refractivity contribution in [1.29, 1.82) is 0 Å². The molecule has 0 aliphatic rings. The smallest absolute Gasteiger partial charge is 0.251 e. The van der Waals surface area contributed by atoms with Crippen LogP contribution in [0.5, 0.6) is 0 Å². The second kappa shape index (κ2) is 10.9. The second-order valence-electron chi connectivity index (χ2n) is 9.49. The number of nitrogens with one attached hydrogen (secondary N) is 1. The predicted molar refractivity (Wildman–Crippen MR) is 146 cm³/mol. The number of benzene rings is 2. The number of nitrogens with zero attached hydrogens (tertiary/aromatic N) is 3. The van der Waals surface area contributed by atoms with Gasteiger partial charge in [0, 0.05) is 41.2 Å². The molecular formula is C31H26F2N4O2. The van der Waals surface area contributed by atoms with Crippen molar-refractivity contribution in [2.24, 2.45) is 0 Å². The highest BCUT2D eigenvalue weighted by Gasteiger charge is 2.22. The van der Waals surface area contributed by atoms with E-state index in [4.69, 9.17) is 0 Å². The van der Waals surface area contributed by atoms with E-state index in [-0.39, 0.29) is 18.5 Å². The standard InChI is InChI=1S/C31H26F2N4O2/c1-19-12-30(39)37(28-8-4-3-6-25(19)28)18-29(38)36-27(16-21-14-23(32)17-24(33)15-21)31-26(7-5-10-35-31)22-9-11-34-20(2)13-22/h3-15,17,27H,16,18H2,1-2H3,(H,36,38). The minimum absolute atomic E-state index is 0.0814. The monoisotopic (exact) mass is 524 g/mol. The molecule has 1 amide bonds. The van der Waals surface area contributed by atoms with Crippen LogP contribution < -0.4 is 10.9 Å². The Morgan fingerprint density at radius 3 is 2.46 bits per heavy atom. The quantitative estimate of drug-likeness (QED) is 0.307. The molecule has 39 heavy (non-hydrogen) atoms. The van der Waals surface area contributed by atoms with Gasteiger partial charge in [-0.05, 0) is 73.4 Å². The lowest BCUT2D eigenvalue weighted by Gasteiger charge is -2.22. The molecule has 5 rings (SSSR count). The van der Waals surface area contributed by atoms with Crippen LogP contribution in [-0.4, -0.2) is 20.4 Å². The molecule has 0 radical (unpaired) electrons. The number of amides is 1. The van der Waals surface area contributed by atoms with Crippen LogP contribution in [0.2, 0.25) is 0 Å². The van der Waals surface area contributed by atoms with Crippen LogP contribution in [0, 0.1) is 25.5 Å². The summed E-state index contributed by atoms with van der Waals surface area (Å²) >= 11 is 0. The zero-order valence-corrected chi connectivity index (χ0v) is 21.5. The van der Waals surface area contributed by atoms with Crippen LogP contribution in [-0.2, 0) is 17.8 Å². The van der Waals surface area contributed by atoms with Gasteiger partial charge >= 0.3 is 0 Å². The van der Waals surface area contributed by atoms with Crippen LogP contribution in [0.25, 0.3) is 22.0 Å². The number of rotatable bonds is 7. The Kier molecular flexibility index (Phi) is 7.27. The van der Waals surface area contributed by atoms with E-state index >= 15 is 0 Å². The van der Waals surface area contributed by atoms with Gasteiger partial charge in [-0.2, -0.15) is 0 Å². The van der Waals surface area contributed by atoms with E-state index in [1.807, 2.05) is 50.2 Å². The van der Waals surface area contributed by atoms with Crippen molar-refractivity contribution in [3.05, 3.63) is 130 Å². The molecule has 1 N–H and O–H groups in total. The summed E-state index contributed by atoms with van der Waals surface area (Å²) in [5, 5.41) is 3.85. The largest absolute Gasteiger partial charge is 0.346 e. The Balaban J connectivity index is 1.54. The van der Waals surface area contributed by atoms with E-state index in [9.17, 15) is 18.4 Å². The van der Waals surface area contributed by atoms with E-state index in [2.05, 4.69) is 15.3 Å². The van der Waals surface area contributed by atoms with Gasteiger partial charge in [0.15, 0.2) is 0 Å². The van der Waals surface area contributed by atoms with Crippen LogP contribution in [0.4, 0.5) is 8.78 Å². The molecule has 196 valence electrons. The number of hydrogen-bond acceptors (Lipinski definition) is 4. The second-order valence-corrected chi connectivity index (χ2v) is 9.49. The summed E-state index contributed by atoms with van der Waals surface area (Å²) in [6.45, 7) is 3.49. The lowest BCUT2D eigenvalue weighted by Crippen LogP contribution is -2.36. The van der Waals surface area contributed by atoms with E-state index in [1.165, 1.54) is 22.8 Å². The van der Waals surface area contributed by atoms with Crippen LogP contribution in [0.1, 0.15) is 28.6 Å². The molecule has 6 nitrogen and oxygen atoms in total. The van der Waals surface area contributed by atoms with Gasteiger partial charge in [0.2, 0.25) is 5.91 Å². The highest BCUT2D eigenvalue weighted by Crippen LogP contribution is 2.29. The minimum atomic E-state index is -0.740. The van der Waals surface area contributed by atoms with Crippen molar-refractivity contribution >= 4 is 16.8 Å². The molecule has 0 fully saturated rings. The van der Waals surface area contributed by atoms with Gasteiger partial charge in [-0.15, -0.1) is 0 Å². The summed E-state index contributed by atoms with van der Waals surface area (Å²) < 4.78 is 29.5. The maximum atomic E-state index is 14.1. The maximum absolute atomic E-state index is 14.1. The molecule has 0 spiro atoms. The van der Waals surface area contributed by atoms with Gasteiger partial charge in [-0.3, -0.25) is 24.1 Å². The fourth-order valence-corrected chi connectivity index (χ4v) is 4.88. The average Bonchev–Trinajstić information content (AvgIpc) is 2.90. The third-order valence-corrected chi connectivity index (χ3v) is 6.60. The van der Waals surface area contributed by atoms with Gasteiger partial charge in [-0.25, -0.2) is 8.78 Å². The number of para-hydroxylation sites is 1. The Bertz CT molecular complexity index is 1730. The van der Waals surface area contributed by atoms with Gasteiger partial charge in [0.05, 0.1) is 17.3 Å². The number of carbonyl (C=O) groups excluding carboxylic acids is 1. The molecular weight excluding hydrogens is 498 g/mol. The van der Waals surface area contributed by atoms with Gasteiger partial charge in [-0.1, -0.05) is 24.3 Å². The normalized spacial score (nSPS) is 11.9. The summed E-state index contributed by atoms with van der Waals surface area (Å²) in [7, 11) is 0. The van der Waals surface area contributed by atoms with Crippen molar-refractivity contribution in [2.75, 3.05) is 0 Å². The molecule has 0 aliphatic carbocycles. The zero-order chi connectivity index (χ0) is 27.5. The number of fused-ring (bicyclic) bond motifs is 1. The molecule has 1 unspecified atom stereocenters. The minimum Gasteiger partial charge on any atom is -0.346 e. The number of halogens is 2. The van der Waals surface area contributed by atoms with E-state index in [0.29, 0.717) is 16.8 Å². The van der Waals surface area contributed by atoms with Crippen LogP contribution in [0.3, 0.4) is 0 Å². The Morgan fingerprint density at radius 1 is 0.923 bits per heavy atom. The van der Waals surface area contributed by atoms with Crippen molar-refractivity contribution in [3.8, 4) is 11.1 Å². The molecule has 0 bridgehead atoms. The first-order valence-corrected chi connectivity index (χ1v) is 12.5. The van der Waals surface area contributed by atoms with Crippen LogP contribution in [0.15, 0.2) is 90.0 Å². The lowest BCUT2D eigenvalue weighted by molar-refractivity contribution is -0.122. The van der Waals surface area contributed by atoms with Crippen molar-refractivity contribution < 1.29 is 13.6 Å². The third kappa shape index (κ3) is 5.75. The fourth-order valence-electron chi connectivity index (χ4n) is 4.88. The number of aromatic nitrogens is 3. The first kappa shape index (κ1) is 25.9. The molecule has 8 heteroatoms. The van der Waals surface area contributed by atoms with E-state index in [0.717, 1.165) is 33.8 Å². The fraction of sp³-hybridized carbons (Fsp3) is 0.161. The first-order valence-electron chi connectivity index (χ1n) is 12.5. The number of aryl methyl sites for hydroxylation is 2. The summed E-state index contributed by atoms with van der Waals surface area (Å²) in [4.78, 5) is 35.1. The molecule has 3 aromatic heterocycles. The van der Waals surface area contributed by atoms with E-state index in [1.54, 1.807) is 24.5 Å². The Labute approximate surface area is 224 Å². The highest BCUT2D eigenvalue weighted by molar-refractivity contribution is 5.84. The number of hydrogen-bond donors (Lipinski definition) is 1. The Hall–Kier alpha value is -4.72. The van der Waals surface area contributed by atoms with Gasteiger partial charge in [0.1, 0.15) is 18.2 Å². The molecule has 2 aromatic carbocycles. The lowest BCUT2D eigenvalue weighted by atomic mass is 9.95. The topological polar surface area (TPSA) is 76.9 Å². The zero-order valence-electron chi connectivity index (χ0n) is 21.5. The van der Waals surface area contributed by atoms with Crippen molar-refractivity contribution in [2.45, 2.75) is 32.9 Å². The number of pyridine rings is 3. The first-order chi connectivity index (χ1) is 18.8. The number of carbonyl (C=O) groups is 1. The van der Waals surface area contributed by atoms with Gasteiger partial charge < -0.3 is 5.32 Å². The third-order valence-electron chi connectivity index (χ3n) is 6.60. The molecule has 1 atom stereocenters. The molecule has 0 saturated heterocycles. The summed E-state index contributed by atoms with van der Waals surface area (Å²) in [6.07, 6.45) is 3.38. The molecule has 5 aromatic rings. The SMILES string of the molecule is Cc1cc(-c2cccnc2C(Cc2cc(F)cc(F)c2)NC(=O)Cn2c(=O)cc(C)c3ccccc32)ccn1. The van der Waals surface area contributed by atoms with Crippen molar-refractivity contribution in [1.82, 2.24) is 19.9 Å². The summed E-state index contributed by atoms with van der Waals surface area (Å²) in [5.74, 6) is -1.85. The van der Waals surface area contributed by atoms with E-state index < -0.39 is 23.6 Å². The Morgan fingerprint density at radius 2 is 1.69 bits per heavy atom. The highest BCUT2D eigenvalue weighted by atomic mass is 19.1. The van der Waals surface area contributed by atoms with Gasteiger partial charge in [0.25, 0.3) is 5.56 Å². The predicted octanol–water partition coefficient (Wildman–Crippen LogP) is 5.45. The molecule has 3 heterocycles.